The molecule has 0 aliphatic heterocycles. The van der Waals surface area contributed by atoms with Crippen molar-refractivity contribution < 1.29 is 4.79 Å². The Bertz CT molecular complexity index is 72.8. The van der Waals surface area contributed by atoms with Gasteiger partial charge in [-0.05, 0) is 21.1 Å². The summed E-state index contributed by atoms with van der Waals surface area (Å²) in [6.45, 7) is 0. The highest BCUT2D eigenvalue weighted by Crippen LogP contribution is 1.78. The zero-order chi connectivity index (χ0) is 6.57. The van der Waals surface area contributed by atoms with Crippen molar-refractivity contribution in [2.45, 2.75) is 6.17 Å². The largest absolute Gasteiger partial charge is 0.300 e. The van der Waals surface area contributed by atoms with E-state index < -0.39 is 0 Å². The highest BCUT2D eigenvalue weighted by Gasteiger charge is 2.02. The van der Waals surface area contributed by atoms with Crippen LogP contribution in [-0.2, 0) is 4.79 Å². The van der Waals surface area contributed by atoms with E-state index in [2.05, 4.69) is 5.32 Å². The molecular formula is C5H12N2O. The number of nitrogens with one attached hydrogen (secondary N) is 1. The molecule has 3 nitrogen and oxygen atoms in total. The first-order valence-electron chi connectivity index (χ1n) is 2.51. The Kier molecular flexibility index (Phi) is 3.39. The van der Waals surface area contributed by atoms with Crippen molar-refractivity contribution in [3.05, 3.63) is 0 Å². The molecule has 48 valence electrons. The first kappa shape index (κ1) is 7.59. The zero-order valence-electron chi connectivity index (χ0n) is 5.51. The van der Waals surface area contributed by atoms with Crippen LogP contribution in [0.25, 0.3) is 0 Å². The molecule has 8 heavy (non-hydrogen) atoms. The van der Waals surface area contributed by atoms with Gasteiger partial charge in [0.05, 0.1) is 0 Å². The van der Waals surface area contributed by atoms with Gasteiger partial charge in [0.25, 0.3) is 0 Å². The lowest BCUT2D eigenvalue weighted by atomic mass is 10.5. The number of likely N-dealkylation sites (N-methyl/N-ethyl adjacent to an activating group) is 2. The van der Waals surface area contributed by atoms with E-state index in [0.717, 1.165) is 6.29 Å². The molecule has 0 aromatic carbocycles. The third-order valence-electron chi connectivity index (χ3n) is 0.981. The summed E-state index contributed by atoms with van der Waals surface area (Å²) in [7, 11) is 5.43. The van der Waals surface area contributed by atoms with Gasteiger partial charge in [0.2, 0.25) is 0 Å². The Hall–Kier alpha value is -0.410. The predicted molar refractivity (Wildman–Crippen MR) is 32.6 cm³/mol. The molecule has 0 aliphatic carbocycles. The summed E-state index contributed by atoms with van der Waals surface area (Å²) in [6, 6.07) is 0. The Labute approximate surface area is 49.7 Å². The average Bonchev–Trinajstić information content (AvgIpc) is 1.69. The Morgan fingerprint density at radius 2 is 2.12 bits per heavy atom. The summed E-state index contributed by atoms with van der Waals surface area (Å²) in [4.78, 5) is 11.9. The molecule has 1 unspecified atom stereocenters. The van der Waals surface area contributed by atoms with E-state index >= 15 is 0 Å². The Morgan fingerprint density at radius 3 is 2.12 bits per heavy atom. The fraction of sp³-hybridized carbons (Fsp3) is 0.800. The number of carbonyl (C=O) groups excluding carboxylic acids is 1. The van der Waals surface area contributed by atoms with Crippen LogP contribution < -0.4 is 5.32 Å². The van der Waals surface area contributed by atoms with Crippen LogP contribution in [0.5, 0.6) is 0 Å². The minimum absolute atomic E-state index is 0.144. The first-order chi connectivity index (χ1) is 3.72. The van der Waals surface area contributed by atoms with Gasteiger partial charge in [0.1, 0.15) is 6.17 Å². The average molecular weight is 116 g/mol. The second-order valence-electron chi connectivity index (χ2n) is 1.83. The van der Waals surface area contributed by atoms with Crippen LogP contribution >= 0.6 is 0 Å². The smallest absolute Gasteiger partial charge is 0.151 e. The van der Waals surface area contributed by atoms with Gasteiger partial charge < -0.3 is 4.79 Å². The van der Waals surface area contributed by atoms with E-state index in [1.165, 1.54) is 0 Å². The van der Waals surface area contributed by atoms with E-state index in [9.17, 15) is 4.79 Å². The van der Waals surface area contributed by atoms with Crippen molar-refractivity contribution in [2.75, 3.05) is 21.1 Å². The maximum atomic E-state index is 10.1. The first-order valence-corrected chi connectivity index (χ1v) is 2.51. The van der Waals surface area contributed by atoms with Crippen molar-refractivity contribution in [3.8, 4) is 0 Å². The van der Waals surface area contributed by atoms with Gasteiger partial charge in [-0.25, -0.2) is 0 Å². The predicted octanol–water partition coefficient (Wildman–Crippen LogP) is -0.708. The molecule has 0 saturated heterocycles. The maximum absolute atomic E-state index is 10.1. The molecule has 0 radical (unpaired) electrons. The minimum atomic E-state index is -0.144. The van der Waals surface area contributed by atoms with Gasteiger partial charge >= 0.3 is 0 Å². The third-order valence-corrected chi connectivity index (χ3v) is 0.981. The molecular weight excluding hydrogens is 104 g/mol. The van der Waals surface area contributed by atoms with Gasteiger partial charge in [-0.3, -0.25) is 10.2 Å². The van der Waals surface area contributed by atoms with Crippen LogP contribution in [0.1, 0.15) is 0 Å². The molecule has 0 aliphatic rings. The van der Waals surface area contributed by atoms with Crippen LogP contribution in [0, 0.1) is 0 Å². The molecule has 0 amide bonds. The quantitative estimate of drug-likeness (QED) is 0.390. The summed E-state index contributed by atoms with van der Waals surface area (Å²) < 4.78 is 0. The summed E-state index contributed by atoms with van der Waals surface area (Å²) >= 11 is 0. The van der Waals surface area contributed by atoms with E-state index in [0.29, 0.717) is 0 Å². The molecule has 0 aromatic heterocycles. The highest BCUT2D eigenvalue weighted by atomic mass is 16.1. The Balaban J connectivity index is 3.51. The second kappa shape index (κ2) is 3.57. The monoisotopic (exact) mass is 116 g/mol. The van der Waals surface area contributed by atoms with Gasteiger partial charge in [-0.2, -0.15) is 0 Å². The number of carbonyl (C=O) groups is 1. The maximum Gasteiger partial charge on any atom is 0.151 e. The second-order valence-corrected chi connectivity index (χ2v) is 1.83. The molecule has 1 atom stereocenters. The van der Waals surface area contributed by atoms with Crippen LogP contribution in [0.2, 0.25) is 0 Å². The lowest BCUT2D eigenvalue weighted by molar-refractivity contribution is -0.112. The van der Waals surface area contributed by atoms with Crippen molar-refractivity contribution >= 4 is 6.29 Å². The molecule has 3 heteroatoms. The standard InChI is InChI=1S/C5H12N2O/c1-6-5(4-8)7(2)3/h4-6H,1-3H3. The van der Waals surface area contributed by atoms with E-state index in [1.54, 1.807) is 11.9 Å². The van der Waals surface area contributed by atoms with E-state index in [4.69, 9.17) is 0 Å². The number of hydrogen-bond acceptors (Lipinski definition) is 3. The summed E-state index contributed by atoms with van der Waals surface area (Å²) in [5, 5.41) is 2.81. The zero-order valence-corrected chi connectivity index (χ0v) is 5.51. The number of aldehydes is 1. The number of rotatable bonds is 3. The molecule has 0 fully saturated rings. The van der Waals surface area contributed by atoms with Crippen molar-refractivity contribution in [1.82, 2.24) is 10.2 Å². The highest BCUT2D eigenvalue weighted by molar-refractivity contribution is 5.56. The SMILES string of the molecule is CNC(C=O)N(C)C. The molecule has 0 aromatic rings. The van der Waals surface area contributed by atoms with E-state index in [-0.39, 0.29) is 6.17 Å². The fourth-order valence-electron chi connectivity index (χ4n) is 0.448. The van der Waals surface area contributed by atoms with Crippen LogP contribution in [0.3, 0.4) is 0 Å². The minimum Gasteiger partial charge on any atom is -0.300 e. The Morgan fingerprint density at radius 1 is 1.62 bits per heavy atom. The molecule has 0 bridgehead atoms. The lowest BCUT2D eigenvalue weighted by Gasteiger charge is -2.16. The molecule has 0 rings (SSSR count). The fourth-order valence-corrected chi connectivity index (χ4v) is 0.448. The third kappa shape index (κ3) is 2.04. The normalized spacial score (nSPS) is 14.0. The van der Waals surface area contributed by atoms with Crippen LogP contribution in [0.4, 0.5) is 0 Å². The van der Waals surface area contributed by atoms with Gasteiger partial charge in [0, 0.05) is 0 Å². The summed E-state index contributed by atoms with van der Waals surface area (Å²) in [6.07, 6.45) is 0.718. The number of nitrogens with zero attached hydrogens (tertiary/aromatic N) is 1. The summed E-state index contributed by atoms with van der Waals surface area (Å²) in [5.74, 6) is 0. The molecule has 1 N–H and O–H groups in total. The molecule has 0 saturated carbocycles. The van der Waals surface area contributed by atoms with Crippen LogP contribution in [-0.4, -0.2) is 38.5 Å². The molecule has 0 spiro atoms. The molecule has 0 heterocycles. The van der Waals surface area contributed by atoms with Gasteiger partial charge in [-0.15, -0.1) is 0 Å². The van der Waals surface area contributed by atoms with E-state index in [1.807, 2.05) is 14.1 Å². The number of hydrogen-bond donors (Lipinski definition) is 1. The van der Waals surface area contributed by atoms with Crippen molar-refractivity contribution in [3.63, 3.8) is 0 Å². The van der Waals surface area contributed by atoms with Crippen molar-refractivity contribution in [2.24, 2.45) is 0 Å². The van der Waals surface area contributed by atoms with Gasteiger partial charge in [-0.1, -0.05) is 0 Å². The topological polar surface area (TPSA) is 32.3 Å². The lowest BCUT2D eigenvalue weighted by Crippen LogP contribution is -2.40. The summed E-state index contributed by atoms with van der Waals surface area (Å²) in [5.41, 5.74) is 0. The van der Waals surface area contributed by atoms with Gasteiger partial charge in [0.15, 0.2) is 6.29 Å². The van der Waals surface area contributed by atoms with Crippen molar-refractivity contribution in [1.29, 1.82) is 0 Å². The van der Waals surface area contributed by atoms with Crippen LogP contribution in [0.15, 0.2) is 0 Å².